The number of nitrogens with zero attached hydrogens (tertiary/aromatic N) is 3. The molecule has 6 aromatic carbocycles. The van der Waals surface area contributed by atoms with E-state index in [4.69, 9.17) is 23.7 Å². The molecule has 10 rings (SSSR count). The Morgan fingerprint density at radius 2 is 1.43 bits per heavy atom. The average Bonchev–Trinajstić information content (AvgIpc) is 3.13. The van der Waals surface area contributed by atoms with E-state index < -0.39 is 77.3 Å². The van der Waals surface area contributed by atoms with Crippen LogP contribution in [0.5, 0.6) is 11.5 Å². The van der Waals surface area contributed by atoms with E-state index in [1.165, 1.54) is 7.11 Å². The summed E-state index contributed by atoms with van der Waals surface area (Å²) in [5.74, 6) is 2.11. The molecule has 4 heterocycles. The number of cyclic esters (lactones) is 1. The van der Waals surface area contributed by atoms with Gasteiger partial charge in [0.1, 0.15) is 41.7 Å². The van der Waals surface area contributed by atoms with Crippen molar-refractivity contribution in [3.8, 4) is 23.3 Å². The van der Waals surface area contributed by atoms with E-state index in [1.807, 2.05) is 89.8 Å². The molecule has 16 nitrogen and oxygen atoms in total. The lowest BCUT2D eigenvalue weighted by Gasteiger charge is -2.46. The number of carbonyl (C=O) groups excluding carboxylic acids is 5. The van der Waals surface area contributed by atoms with E-state index >= 15 is 19.2 Å². The van der Waals surface area contributed by atoms with E-state index in [2.05, 4.69) is 27.4 Å². The highest BCUT2D eigenvalue weighted by atomic mass is 16.6. The second-order valence-corrected chi connectivity index (χ2v) is 19.6. The number of para-hydroxylation sites is 1. The Balaban J connectivity index is 1.26. The molecule has 16 heteroatoms. The lowest BCUT2D eigenvalue weighted by atomic mass is 9.65. The number of methoxy groups -OCH3 is 2. The van der Waals surface area contributed by atoms with Crippen LogP contribution in [0, 0.1) is 23.7 Å². The fourth-order valence-electron chi connectivity index (χ4n) is 11.4. The quantitative estimate of drug-likeness (QED) is 0.0763. The highest BCUT2D eigenvalue weighted by Crippen LogP contribution is 2.66. The minimum absolute atomic E-state index is 0.0883. The zero-order valence-electron chi connectivity index (χ0n) is 43.1. The number of rotatable bonds is 13. The van der Waals surface area contributed by atoms with Crippen LogP contribution in [0.15, 0.2) is 152 Å². The Morgan fingerprint density at radius 1 is 0.779 bits per heavy atom. The number of nitrogens with one attached hydrogen (secondary N) is 2. The number of hydrogen-bond acceptors (Lipinski definition) is 13. The number of imide groups is 1. The second kappa shape index (κ2) is 22.4. The normalized spacial score (nSPS) is 22.0. The lowest BCUT2D eigenvalue weighted by Crippen LogP contribution is -2.57. The third-order valence-corrected chi connectivity index (χ3v) is 14.9. The van der Waals surface area contributed by atoms with Gasteiger partial charge >= 0.3 is 18.0 Å². The molecule has 77 heavy (non-hydrogen) atoms. The first kappa shape index (κ1) is 52.0. The summed E-state index contributed by atoms with van der Waals surface area (Å²) in [6.45, 7) is 5.47. The molecular formula is C61H59N5O11. The molecule has 3 saturated heterocycles. The van der Waals surface area contributed by atoms with Crippen molar-refractivity contribution < 1.29 is 52.8 Å². The third kappa shape index (κ3) is 9.74. The van der Waals surface area contributed by atoms with Crippen LogP contribution < -0.4 is 29.9 Å². The maximum atomic E-state index is 17.0. The highest BCUT2D eigenvalue weighted by molar-refractivity contribution is 6.25. The first-order chi connectivity index (χ1) is 37.5. The van der Waals surface area contributed by atoms with Crippen LogP contribution in [0.1, 0.15) is 65.4 Å². The predicted molar refractivity (Wildman–Crippen MR) is 287 cm³/mol. The topological polar surface area (TPSA) is 186 Å². The minimum Gasteiger partial charge on any atom is -0.497 e. The van der Waals surface area contributed by atoms with Crippen LogP contribution in [0.3, 0.4) is 0 Å². The summed E-state index contributed by atoms with van der Waals surface area (Å²) in [7, 11) is 2.79. The second-order valence-electron chi connectivity index (χ2n) is 19.6. The Bertz CT molecular complexity index is 3210. The fraction of sp³-hybridized carbons (Fsp3) is 0.295. The summed E-state index contributed by atoms with van der Waals surface area (Å²) in [5.41, 5.74) is 2.18. The molecule has 4 amide bonds. The fourth-order valence-corrected chi connectivity index (χ4v) is 11.4. The first-order valence-corrected chi connectivity index (χ1v) is 25.7. The summed E-state index contributed by atoms with van der Waals surface area (Å²) < 4.78 is 29.1. The molecule has 4 aliphatic rings. The standard InChI is InChI=1S/C61H59N5O11/c1-38(2)51(57(69)74-4)63-60(72)65-48-30-23-40(20-19-39-21-28-45(73-3)29-22-39)37-47(48)61(59(65)71)50(56(68)62-43-24-26-44(27-25-43)64-31-34-75-35-32-64)53-58(70)77-54(42-15-9-6-10-16-42)52(41-13-7-5-8-14-41)66(53)55(61)46-17-11-12-18-49(46)76-36-33-67/h5-18,21-30,37-38,50-55,67H,31-36H2,1-4H3,(H,62,68)(H,63,72)/t50-,51-,52-,53-,54+,55+,61-/m0/s1. The number of anilines is 3. The maximum Gasteiger partial charge on any atom is 0.329 e. The predicted octanol–water partition coefficient (Wildman–Crippen LogP) is 7.51. The Morgan fingerprint density at radius 3 is 2.09 bits per heavy atom. The van der Waals surface area contributed by atoms with Gasteiger partial charge in [0.05, 0.1) is 57.7 Å². The minimum atomic E-state index is -2.21. The molecule has 0 unspecified atom stereocenters. The van der Waals surface area contributed by atoms with Gasteiger partial charge in [-0.05, 0) is 95.4 Å². The number of hydrogen-bond donors (Lipinski definition) is 3. The number of carbonyl (C=O) groups is 5. The molecule has 4 aliphatic heterocycles. The molecule has 1 spiro atoms. The molecule has 6 aromatic rings. The summed E-state index contributed by atoms with van der Waals surface area (Å²) in [5, 5.41) is 16.1. The van der Waals surface area contributed by atoms with Crippen molar-refractivity contribution >= 4 is 46.8 Å². The molecule has 394 valence electrons. The first-order valence-electron chi connectivity index (χ1n) is 25.7. The molecule has 0 aromatic heterocycles. The molecule has 0 radical (unpaired) electrons. The zero-order valence-corrected chi connectivity index (χ0v) is 43.1. The van der Waals surface area contributed by atoms with E-state index in [9.17, 15) is 9.90 Å². The SMILES string of the molecule is COC(=O)[C@@H](NC(=O)N1C(=O)[C@@]2(c3cc(C#Cc4ccc(OC)cc4)ccc31)[C@H](C(=O)Nc1ccc(N3CCOCC3)cc1)[C@H]1C(=O)O[C@H](c3ccccc3)[C@H](c3ccccc3)N1[C@@H]2c1ccccc1OCCO)C(C)C. The molecule has 0 aliphatic carbocycles. The van der Waals surface area contributed by atoms with Gasteiger partial charge < -0.3 is 44.3 Å². The van der Waals surface area contributed by atoms with Gasteiger partial charge in [0.25, 0.3) is 0 Å². The smallest absolute Gasteiger partial charge is 0.329 e. The number of benzene rings is 6. The number of amides is 4. The maximum absolute atomic E-state index is 17.0. The summed E-state index contributed by atoms with van der Waals surface area (Å²) in [4.78, 5) is 82.6. The monoisotopic (exact) mass is 1040 g/mol. The number of fused-ring (bicyclic) bond motifs is 3. The van der Waals surface area contributed by atoms with Gasteiger partial charge in [-0.2, -0.15) is 0 Å². The lowest BCUT2D eigenvalue weighted by molar-refractivity contribution is -0.178. The number of esters is 2. The summed E-state index contributed by atoms with van der Waals surface area (Å²) in [6.07, 6.45) is -0.995. The van der Waals surface area contributed by atoms with Gasteiger partial charge in [0, 0.05) is 41.2 Å². The highest BCUT2D eigenvalue weighted by Gasteiger charge is 2.76. The number of aliphatic hydroxyl groups is 1. The van der Waals surface area contributed by atoms with Crippen LogP contribution in [0.25, 0.3) is 0 Å². The van der Waals surface area contributed by atoms with E-state index in [0.29, 0.717) is 65.6 Å². The van der Waals surface area contributed by atoms with Crippen LogP contribution in [-0.4, -0.2) is 106 Å². The van der Waals surface area contributed by atoms with Crippen LogP contribution >= 0.6 is 0 Å². The van der Waals surface area contributed by atoms with Gasteiger partial charge in [-0.25, -0.2) is 14.5 Å². The van der Waals surface area contributed by atoms with Crippen LogP contribution in [0.2, 0.25) is 0 Å². The summed E-state index contributed by atoms with van der Waals surface area (Å²) >= 11 is 0. The number of aliphatic hydroxyl groups excluding tert-OH is 1. The van der Waals surface area contributed by atoms with Crippen LogP contribution in [0.4, 0.5) is 21.9 Å². The van der Waals surface area contributed by atoms with Gasteiger partial charge in [-0.3, -0.25) is 19.3 Å². The molecule has 3 fully saturated rings. The third-order valence-electron chi connectivity index (χ3n) is 14.9. The van der Waals surface area contributed by atoms with E-state index in [0.717, 1.165) is 10.6 Å². The average molecular weight is 1040 g/mol. The van der Waals surface area contributed by atoms with E-state index in [1.54, 1.807) is 87.7 Å². The van der Waals surface area contributed by atoms with Crippen LogP contribution in [-0.2, 0) is 38.8 Å². The molecule has 7 atom stereocenters. The molecule has 3 N–H and O–H groups in total. The Kier molecular flexibility index (Phi) is 15.1. The van der Waals surface area contributed by atoms with Crippen molar-refractivity contribution in [2.75, 3.05) is 68.9 Å². The summed E-state index contributed by atoms with van der Waals surface area (Å²) in [6, 6.07) is 39.3. The Labute approximate surface area is 446 Å². The molecule has 0 bridgehead atoms. The molecular weight excluding hydrogens is 979 g/mol. The molecule has 0 saturated carbocycles. The van der Waals surface area contributed by atoms with Gasteiger partial charge in [0.2, 0.25) is 11.8 Å². The van der Waals surface area contributed by atoms with E-state index in [-0.39, 0.29) is 30.2 Å². The van der Waals surface area contributed by atoms with Gasteiger partial charge in [-0.15, -0.1) is 0 Å². The van der Waals surface area contributed by atoms with Crippen molar-refractivity contribution in [3.05, 3.63) is 185 Å². The van der Waals surface area contributed by atoms with Crippen molar-refractivity contribution in [2.24, 2.45) is 11.8 Å². The van der Waals surface area contributed by atoms with Gasteiger partial charge in [0.15, 0.2) is 0 Å². The van der Waals surface area contributed by atoms with Crippen molar-refractivity contribution in [1.82, 2.24) is 10.2 Å². The Hall–Kier alpha value is -8.49. The van der Waals surface area contributed by atoms with Crippen molar-refractivity contribution in [2.45, 2.75) is 49.5 Å². The largest absolute Gasteiger partial charge is 0.497 e. The van der Waals surface area contributed by atoms with Crippen molar-refractivity contribution in [1.29, 1.82) is 0 Å². The number of morpholine rings is 2. The number of ether oxygens (including phenoxy) is 5. The van der Waals surface area contributed by atoms with Gasteiger partial charge in [-0.1, -0.05) is 105 Å². The zero-order chi connectivity index (χ0) is 53.8. The van der Waals surface area contributed by atoms with Crippen molar-refractivity contribution in [3.63, 3.8) is 0 Å². The number of urea groups is 1.